The Balaban J connectivity index is 1.91. The number of rotatable bonds is 16. The second kappa shape index (κ2) is 16.3. The van der Waals surface area contributed by atoms with E-state index >= 15 is 0 Å². The number of benzene rings is 2. The molecule has 1 amide bonds. The Bertz CT molecular complexity index is 911. The number of carboxylic acids is 1. The van der Waals surface area contributed by atoms with Crippen molar-refractivity contribution in [3.63, 3.8) is 0 Å². The van der Waals surface area contributed by atoms with Gasteiger partial charge in [0, 0.05) is 19.6 Å². The number of amides is 1. The van der Waals surface area contributed by atoms with Crippen LogP contribution in [0.4, 0.5) is 4.79 Å². The second-order valence-electron chi connectivity index (χ2n) is 7.73. The summed E-state index contributed by atoms with van der Waals surface area (Å²) in [6.45, 7) is 5.45. The zero-order valence-corrected chi connectivity index (χ0v) is 21.9. The Hall–Kier alpha value is -2.42. The zero-order chi connectivity index (χ0) is 25.5. The van der Waals surface area contributed by atoms with Crippen molar-refractivity contribution in [3.8, 4) is 11.5 Å². The summed E-state index contributed by atoms with van der Waals surface area (Å²) < 4.78 is 16.6. The third-order valence-corrected chi connectivity index (χ3v) is 6.56. The highest BCUT2D eigenvalue weighted by Crippen LogP contribution is 2.24. The number of hydrogen-bond donors (Lipinski definition) is 1. The molecule has 2 rings (SSSR count). The predicted octanol–water partition coefficient (Wildman–Crippen LogP) is 5.79. The Labute approximate surface area is 216 Å². The molecule has 0 bridgehead atoms. The van der Waals surface area contributed by atoms with Crippen molar-refractivity contribution in [2.45, 2.75) is 39.2 Å². The standard InChI is InChI=1S/C26H34ClNO6S/c1-3-17-35-18-7-14-28(26(31)34-23-9-6-5-8-22(23)27)15-16-33-21-12-10-20(11-13-21)19-24(25(29)30)32-4-2/h5-6,8-13,24H,3-4,7,14-19H2,1-2H3,(H,29,30). The van der Waals surface area contributed by atoms with Gasteiger partial charge in [-0.15, -0.1) is 0 Å². The number of aliphatic carboxylic acids is 1. The maximum Gasteiger partial charge on any atom is 0.415 e. The summed E-state index contributed by atoms with van der Waals surface area (Å²) in [5, 5.41) is 9.62. The first kappa shape index (κ1) is 28.8. The van der Waals surface area contributed by atoms with E-state index in [4.69, 9.17) is 25.8 Å². The van der Waals surface area contributed by atoms with Gasteiger partial charge in [-0.25, -0.2) is 9.59 Å². The zero-order valence-electron chi connectivity index (χ0n) is 20.3. The minimum absolute atomic E-state index is 0.279. The van der Waals surface area contributed by atoms with Gasteiger partial charge in [0.1, 0.15) is 12.4 Å². The van der Waals surface area contributed by atoms with Crippen LogP contribution in [0.1, 0.15) is 32.3 Å². The fraction of sp³-hybridized carbons (Fsp3) is 0.462. The predicted molar refractivity (Wildman–Crippen MR) is 140 cm³/mol. The van der Waals surface area contributed by atoms with Crippen molar-refractivity contribution < 1.29 is 28.9 Å². The van der Waals surface area contributed by atoms with Crippen molar-refractivity contribution in [1.29, 1.82) is 0 Å². The maximum absolute atomic E-state index is 12.8. The molecule has 0 aliphatic rings. The normalized spacial score (nSPS) is 11.6. The van der Waals surface area contributed by atoms with Crippen LogP contribution in [0.15, 0.2) is 48.5 Å². The lowest BCUT2D eigenvalue weighted by Gasteiger charge is -2.22. The van der Waals surface area contributed by atoms with Gasteiger partial charge in [-0.2, -0.15) is 11.8 Å². The molecule has 0 radical (unpaired) electrons. The molecule has 0 fully saturated rings. The van der Waals surface area contributed by atoms with Crippen LogP contribution in [0.2, 0.25) is 5.02 Å². The van der Waals surface area contributed by atoms with Crippen LogP contribution in [0.25, 0.3) is 0 Å². The Morgan fingerprint density at radius 3 is 2.46 bits per heavy atom. The van der Waals surface area contributed by atoms with Crippen LogP contribution in [0, 0.1) is 0 Å². The van der Waals surface area contributed by atoms with Crippen LogP contribution >= 0.6 is 23.4 Å². The number of para-hydroxylation sites is 1. The summed E-state index contributed by atoms with van der Waals surface area (Å²) in [4.78, 5) is 25.7. The molecule has 2 aromatic rings. The monoisotopic (exact) mass is 523 g/mol. The van der Waals surface area contributed by atoms with E-state index in [2.05, 4.69) is 6.92 Å². The summed E-state index contributed by atoms with van der Waals surface area (Å²) >= 11 is 8.00. The number of nitrogens with zero attached hydrogens (tertiary/aromatic N) is 1. The lowest BCUT2D eigenvalue weighted by Crippen LogP contribution is -2.37. The van der Waals surface area contributed by atoms with Gasteiger partial charge in [0.05, 0.1) is 11.6 Å². The van der Waals surface area contributed by atoms with Crippen LogP contribution in [-0.2, 0) is 16.0 Å². The molecule has 0 aliphatic carbocycles. The van der Waals surface area contributed by atoms with Crippen LogP contribution in [0.5, 0.6) is 11.5 Å². The number of ether oxygens (including phenoxy) is 3. The van der Waals surface area contributed by atoms with Crippen LogP contribution in [0.3, 0.4) is 0 Å². The van der Waals surface area contributed by atoms with Crippen molar-refractivity contribution in [3.05, 3.63) is 59.1 Å². The van der Waals surface area contributed by atoms with Crippen LogP contribution < -0.4 is 9.47 Å². The number of hydrogen-bond acceptors (Lipinski definition) is 6. The highest BCUT2D eigenvalue weighted by Gasteiger charge is 2.19. The van der Waals surface area contributed by atoms with E-state index in [1.807, 2.05) is 23.9 Å². The third kappa shape index (κ3) is 10.8. The fourth-order valence-electron chi connectivity index (χ4n) is 3.21. The SMILES string of the molecule is CCCSCCCN(CCOc1ccc(CC(OCC)C(=O)O)cc1)C(=O)Oc1ccccc1Cl. The molecule has 0 saturated carbocycles. The molecule has 0 saturated heterocycles. The Morgan fingerprint density at radius 2 is 1.80 bits per heavy atom. The molecular formula is C26H34ClNO6S. The topological polar surface area (TPSA) is 85.3 Å². The molecule has 1 atom stereocenters. The van der Waals surface area contributed by atoms with Gasteiger partial charge in [0.25, 0.3) is 0 Å². The first-order valence-electron chi connectivity index (χ1n) is 11.8. The number of halogens is 1. The van der Waals surface area contributed by atoms with Gasteiger partial charge in [-0.1, -0.05) is 42.8 Å². The van der Waals surface area contributed by atoms with E-state index in [1.165, 1.54) is 0 Å². The molecular weight excluding hydrogens is 490 g/mol. The Morgan fingerprint density at radius 1 is 1.06 bits per heavy atom. The number of carbonyl (C=O) groups is 2. The maximum atomic E-state index is 12.8. The Kier molecular flexibility index (Phi) is 13.4. The molecule has 7 nitrogen and oxygen atoms in total. The van der Waals surface area contributed by atoms with Crippen molar-refractivity contribution in [2.75, 3.05) is 37.8 Å². The fourth-order valence-corrected chi connectivity index (χ4v) is 4.21. The molecule has 1 unspecified atom stereocenters. The molecule has 0 aromatic heterocycles. The molecule has 1 N–H and O–H groups in total. The molecule has 2 aromatic carbocycles. The summed E-state index contributed by atoms with van der Waals surface area (Å²) in [5.74, 6) is 2.04. The van der Waals surface area contributed by atoms with Gasteiger partial charge >= 0.3 is 12.1 Å². The molecule has 0 aliphatic heterocycles. The molecule has 9 heteroatoms. The lowest BCUT2D eigenvalue weighted by atomic mass is 10.1. The molecule has 0 heterocycles. The molecule has 0 spiro atoms. The quantitative estimate of drug-likeness (QED) is 0.279. The largest absolute Gasteiger partial charge is 0.492 e. The first-order chi connectivity index (χ1) is 16.9. The minimum Gasteiger partial charge on any atom is -0.492 e. The number of thioether (sulfide) groups is 1. The van der Waals surface area contributed by atoms with Gasteiger partial charge in [-0.3, -0.25) is 0 Å². The average molecular weight is 524 g/mol. The average Bonchev–Trinajstić information content (AvgIpc) is 2.84. The van der Waals surface area contributed by atoms with Gasteiger partial charge < -0.3 is 24.2 Å². The van der Waals surface area contributed by atoms with E-state index < -0.39 is 18.2 Å². The first-order valence-corrected chi connectivity index (χ1v) is 13.3. The van der Waals surface area contributed by atoms with E-state index in [-0.39, 0.29) is 13.0 Å². The van der Waals surface area contributed by atoms with Gasteiger partial charge in [0.2, 0.25) is 0 Å². The second-order valence-corrected chi connectivity index (χ2v) is 9.36. The van der Waals surface area contributed by atoms with Gasteiger partial charge in [-0.05, 0) is 61.1 Å². The van der Waals surface area contributed by atoms with Gasteiger partial charge in [0.15, 0.2) is 11.9 Å². The smallest absolute Gasteiger partial charge is 0.415 e. The summed E-state index contributed by atoms with van der Waals surface area (Å²) in [5.41, 5.74) is 0.840. The highest BCUT2D eigenvalue weighted by molar-refractivity contribution is 7.99. The van der Waals surface area contributed by atoms with Crippen molar-refractivity contribution >= 4 is 35.4 Å². The number of carbonyl (C=O) groups excluding carboxylic acids is 1. The lowest BCUT2D eigenvalue weighted by molar-refractivity contribution is -0.149. The third-order valence-electron chi connectivity index (χ3n) is 4.97. The molecule has 35 heavy (non-hydrogen) atoms. The van der Waals surface area contributed by atoms with Crippen molar-refractivity contribution in [2.24, 2.45) is 0 Å². The van der Waals surface area contributed by atoms with Crippen LogP contribution in [-0.4, -0.2) is 66.0 Å². The van der Waals surface area contributed by atoms with E-state index in [9.17, 15) is 14.7 Å². The van der Waals surface area contributed by atoms with E-state index in [0.717, 1.165) is 29.9 Å². The summed E-state index contributed by atoms with van der Waals surface area (Å²) in [6.07, 6.45) is 0.911. The van der Waals surface area contributed by atoms with E-state index in [0.29, 0.717) is 36.2 Å². The highest BCUT2D eigenvalue weighted by atomic mass is 35.5. The minimum atomic E-state index is -0.982. The van der Waals surface area contributed by atoms with Crippen molar-refractivity contribution in [1.82, 2.24) is 4.90 Å². The summed E-state index contributed by atoms with van der Waals surface area (Å²) in [7, 11) is 0. The van der Waals surface area contributed by atoms with E-state index in [1.54, 1.807) is 48.2 Å². The number of carboxylic acid groups (broad SMARTS) is 1. The molecule has 192 valence electrons. The summed E-state index contributed by atoms with van der Waals surface area (Å²) in [6, 6.07) is 14.1.